The number of hydrogen-bond acceptors (Lipinski definition) is 7. The number of fused-ring (bicyclic) bond motifs is 2. The molecular weight excluding hydrogens is 418 g/mol. The molecular formula is C19H12F2N4O4S. The number of halogens is 2. The molecule has 2 N–H and O–H groups in total. The number of aromatic nitrogens is 3. The lowest BCUT2D eigenvalue weighted by Gasteiger charge is -2.02. The Hall–Kier alpha value is -3.73. The summed E-state index contributed by atoms with van der Waals surface area (Å²) >= 11 is 1.15. The first-order valence-electron chi connectivity index (χ1n) is 8.67. The largest absolute Gasteiger partial charge is 0.454 e. The molecule has 1 aliphatic heterocycles. The maximum atomic E-state index is 12.6. The Morgan fingerprint density at radius 3 is 2.90 bits per heavy atom. The van der Waals surface area contributed by atoms with Crippen molar-refractivity contribution < 1.29 is 27.8 Å². The second kappa shape index (κ2) is 7.26. The number of rotatable bonds is 5. The third-order valence-electron chi connectivity index (χ3n) is 4.30. The zero-order chi connectivity index (χ0) is 20.7. The van der Waals surface area contributed by atoms with Crippen LogP contribution in [0.4, 0.5) is 13.9 Å². The zero-order valence-corrected chi connectivity index (χ0v) is 15.8. The molecule has 0 atom stereocenters. The summed E-state index contributed by atoms with van der Waals surface area (Å²) in [6.45, 7) is -2.74. The number of nitrogens with one attached hydrogen (secondary N) is 2. The van der Waals surface area contributed by atoms with Crippen LogP contribution in [0, 0.1) is 0 Å². The van der Waals surface area contributed by atoms with Crippen molar-refractivity contribution in [2.75, 3.05) is 12.1 Å². The van der Waals surface area contributed by atoms with Crippen molar-refractivity contribution in [3.8, 4) is 28.5 Å². The molecule has 11 heteroatoms. The molecule has 0 bridgehead atoms. The van der Waals surface area contributed by atoms with Gasteiger partial charge in [-0.1, -0.05) is 11.3 Å². The van der Waals surface area contributed by atoms with Crippen LogP contribution in [0.3, 0.4) is 0 Å². The molecule has 2 aromatic heterocycles. The van der Waals surface area contributed by atoms with E-state index >= 15 is 0 Å². The van der Waals surface area contributed by atoms with Gasteiger partial charge in [0.05, 0.1) is 15.9 Å². The van der Waals surface area contributed by atoms with Gasteiger partial charge in [-0.15, -0.1) is 0 Å². The van der Waals surface area contributed by atoms with Crippen LogP contribution in [0.1, 0.15) is 10.5 Å². The Balaban J connectivity index is 1.33. The first-order valence-corrected chi connectivity index (χ1v) is 9.49. The van der Waals surface area contributed by atoms with E-state index in [1.54, 1.807) is 24.3 Å². The molecule has 0 spiro atoms. The molecule has 0 saturated heterocycles. The first-order chi connectivity index (χ1) is 14.5. The number of hydrogen-bond donors (Lipinski definition) is 2. The maximum absolute atomic E-state index is 12.6. The number of aromatic amines is 1. The predicted molar refractivity (Wildman–Crippen MR) is 104 cm³/mol. The van der Waals surface area contributed by atoms with E-state index in [1.807, 2.05) is 6.07 Å². The van der Waals surface area contributed by atoms with Gasteiger partial charge in [-0.2, -0.15) is 13.9 Å². The fraction of sp³-hybridized carbons (Fsp3) is 0.105. The van der Waals surface area contributed by atoms with Crippen molar-refractivity contribution in [2.45, 2.75) is 6.61 Å². The van der Waals surface area contributed by atoms with E-state index < -0.39 is 12.5 Å². The fourth-order valence-electron chi connectivity index (χ4n) is 2.94. The van der Waals surface area contributed by atoms with E-state index in [1.165, 1.54) is 12.1 Å². The summed E-state index contributed by atoms with van der Waals surface area (Å²) < 4.78 is 40.4. The molecule has 4 aromatic rings. The fourth-order valence-corrected chi connectivity index (χ4v) is 3.83. The van der Waals surface area contributed by atoms with Gasteiger partial charge in [0, 0.05) is 5.56 Å². The zero-order valence-electron chi connectivity index (χ0n) is 15.0. The van der Waals surface area contributed by atoms with Crippen LogP contribution < -0.4 is 19.5 Å². The number of carbonyl (C=O) groups excluding carboxylic acids is 1. The lowest BCUT2D eigenvalue weighted by molar-refractivity contribution is -0.0497. The van der Waals surface area contributed by atoms with Crippen molar-refractivity contribution in [1.29, 1.82) is 0 Å². The van der Waals surface area contributed by atoms with Gasteiger partial charge in [0.15, 0.2) is 16.6 Å². The Morgan fingerprint density at radius 2 is 2.03 bits per heavy atom. The van der Waals surface area contributed by atoms with Gasteiger partial charge in [-0.05, 0) is 42.5 Å². The van der Waals surface area contributed by atoms with Crippen molar-refractivity contribution in [3.05, 3.63) is 48.2 Å². The Morgan fingerprint density at radius 1 is 1.17 bits per heavy atom. The number of nitrogens with zero attached hydrogens (tertiary/aromatic N) is 2. The second-order valence-corrected chi connectivity index (χ2v) is 7.25. The molecule has 0 aliphatic carbocycles. The molecule has 2 aromatic carbocycles. The van der Waals surface area contributed by atoms with Crippen LogP contribution in [0.15, 0.2) is 42.5 Å². The van der Waals surface area contributed by atoms with Gasteiger partial charge in [-0.25, -0.2) is 4.98 Å². The molecule has 0 unspecified atom stereocenters. The number of benzene rings is 2. The number of amides is 1. The molecule has 3 heterocycles. The second-order valence-electron chi connectivity index (χ2n) is 6.22. The predicted octanol–water partition coefficient (Wildman–Crippen LogP) is 4.27. The van der Waals surface area contributed by atoms with Gasteiger partial charge < -0.3 is 14.2 Å². The standard InChI is InChI=1S/C19H12F2N4O4S/c20-18(21)29-10-2-3-11-16(6-10)30-19(22-11)23-17(26)13-7-12(24-25-13)9-1-4-14-15(5-9)28-8-27-14/h1-7,18H,8H2,(H,24,25)(H,22,23,26). The van der Waals surface area contributed by atoms with E-state index in [0.717, 1.165) is 16.9 Å². The molecule has 1 aliphatic rings. The Labute approximate surface area is 171 Å². The van der Waals surface area contributed by atoms with E-state index in [-0.39, 0.29) is 18.2 Å². The SMILES string of the molecule is O=C(Nc1nc2ccc(OC(F)F)cc2s1)c1cc(-c2ccc3c(c2)OCO3)n[nH]1. The van der Waals surface area contributed by atoms with Crippen LogP contribution in [0.2, 0.25) is 0 Å². The monoisotopic (exact) mass is 430 g/mol. The molecule has 8 nitrogen and oxygen atoms in total. The van der Waals surface area contributed by atoms with Crippen LogP contribution in [0.5, 0.6) is 17.2 Å². The molecule has 5 rings (SSSR count). The molecule has 0 fully saturated rings. The van der Waals surface area contributed by atoms with E-state index in [9.17, 15) is 13.6 Å². The Bertz CT molecular complexity index is 1260. The van der Waals surface area contributed by atoms with Gasteiger partial charge in [0.1, 0.15) is 11.4 Å². The summed E-state index contributed by atoms with van der Waals surface area (Å²) in [5.74, 6) is 0.870. The quantitative estimate of drug-likeness (QED) is 0.491. The lowest BCUT2D eigenvalue weighted by Crippen LogP contribution is -2.11. The van der Waals surface area contributed by atoms with Crippen molar-refractivity contribution in [2.24, 2.45) is 0 Å². The number of H-pyrrole nitrogens is 1. The molecule has 30 heavy (non-hydrogen) atoms. The van der Waals surface area contributed by atoms with Crippen LogP contribution >= 0.6 is 11.3 Å². The number of alkyl halides is 2. The highest BCUT2D eigenvalue weighted by Gasteiger charge is 2.17. The maximum Gasteiger partial charge on any atom is 0.387 e. The highest BCUT2D eigenvalue weighted by molar-refractivity contribution is 7.22. The van der Waals surface area contributed by atoms with Gasteiger partial charge in [-0.3, -0.25) is 15.2 Å². The summed E-state index contributed by atoms with van der Waals surface area (Å²) in [5.41, 5.74) is 2.13. The van der Waals surface area contributed by atoms with Gasteiger partial charge >= 0.3 is 6.61 Å². The van der Waals surface area contributed by atoms with Crippen molar-refractivity contribution in [1.82, 2.24) is 15.2 Å². The minimum Gasteiger partial charge on any atom is -0.454 e. The molecule has 152 valence electrons. The number of ether oxygens (including phenoxy) is 3. The third kappa shape index (κ3) is 3.50. The molecule has 0 radical (unpaired) electrons. The molecule has 0 saturated carbocycles. The summed E-state index contributed by atoms with van der Waals surface area (Å²) in [5, 5.41) is 9.87. The Kier molecular flexibility index (Phi) is 4.43. The minimum absolute atomic E-state index is 0.0287. The smallest absolute Gasteiger partial charge is 0.387 e. The van der Waals surface area contributed by atoms with Gasteiger partial charge in [0.2, 0.25) is 6.79 Å². The van der Waals surface area contributed by atoms with E-state index in [4.69, 9.17) is 9.47 Å². The summed E-state index contributed by atoms with van der Waals surface area (Å²) in [6, 6.07) is 11.4. The minimum atomic E-state index is -2.91. The highest BCUT2D eigenvalue weighted by Crippen LogP contribution is 2.35. The average molecular weight is 430 g/mol. The normalized spacial score (nSPS) is 12.5. The third-order valence-corrected chi connectivity index (χ3v) is 5.23. The van der Waals surface area contributed by atoms with Crippen LogP contribution in [-0.4, -0.2) is 34.5 Å². The molecule has 1 amide bonds. The van der Waals surface area contributed by atoms with Crippen LogP contribution in [-0.2, 0) is 0 Å². The average Bonchev–Trinajstić information content (AvgIpc) is 3.45. The van der Waals surface area contributed by atoms with E-state index in [0.29, 0.717) is 32.5 Å². The lowest BCUT2D eigenvalue weighted by atomic mass is 10.1. The van der Waals surface area contributed by atoms with Gasteiger partial charge in [0.25, 0.3) is 5.91 Å². The summed E-state index contributed by atoms with van der Waals surface area (Å²) in [4.78, 5) is 16.8. The van der Waals surface area contributed by atoms with Crippen molar-refractivity contribution >= 4 is 32.6 Å². The number of carbonyl (C=O) groups is 1. The summed E-state index contributed by atoms with van der Waals surface area (Å²) in [6.07, 6.45) is 0. The highest BCUT2D eigenvalue weighted by atomic mass is 32.1. The first kappa shape index (κ1) is 18.3. The van der Waals surface area contributed by atoms with Crippen molar-refractivity contribution in [3.63, 3.8) is 0 Å². The van der Waals surface area contributed by atoms with E-state index in [2.05, 4.69) is 25.2 Å². The number of anilines is 1. The topological polar surface area (TPSA) is 98.4 Å². The summed E-state index contributed by atoms with van der Waals surface area (Å²) in [7, 11) is 0. The van der Waals surface area contributed by atoms with Crippen LogP contribution in [0.25, 0.3) is 21.5 Å². The number of thiazole rings is 1.